The molecule has 1 atom stereocenters. The molecule has 8 heteroatoms. The largest absolute Gasteiger partial charge is 0.493 e. The molecule has 3 rings (SSSR count). The lowest BCUT2D eigenvalue weighted by molar-refractivity contribution is -0.122. The van der Waals surface area contributed by atoms with Crippen LogP contribution in [-0.2, 0) is 9.59 Å². The molecule has 0 radical (unpaired) electrons. The number of rotatable bonds is 6. The minimum absolute atomic E-state index is 0.133. The minimum Gasteiger partial charge on any atom is -0.493 e. The van der Waals surface area contributed by atoms with Gasteiger partial charge < -0.3 is 24.4 Å². The molecular formula is C21H23BrN2O5. The van der Waals surface area contributed by atoms with Gasteiger partial charge in [-0.05, 0) is 30.7 Å². The van der Waals surface area contributed by atoms with Gasteiger partial charge in [0.1, 0.15) is 0 Å². The highest BCUT2D eigenvalue weighted by molar-refractivity contribution is 9.10. The Morgan fingerprint density at radius 3 is 2.31 bits per heavy atom. The molecule has 2 aromatic carbocycles. The second-order valence-electron chi connectivity index (χ2n) is 6.74. The van der Waals surface area contributed by atoms with Crippen molar-refractivity contribution in [3.05, 3.63) is 40.4 Å². The number of methoxy groups -OCH3 is 3. The van der Waals surface area contributed by atoms with E-state index < -0.39 is 5.92 Å². The van der Waals surface area contributed by atoms with Gasteiger partial charge in [-0.2, -0.15) is 0 Å². The van der Waals surface area contributed by atoms with E-state index in [2.05, 4.69) is 21.2 Å². The van der Waals surface area contributed by atoms with E-state index in [4.69, 9.17) is 14.2 Å². The molecule has 0 aromatic heterocycles. The number of amides is 2. The second kappa shape index (κ2) is 8.73. The molecule has 1 N–H and O–H groups in total. The summed E-state index contributed by atoms with van der Waals surface area (Å²) in [7, 11) is 4.55. The quantitative estimate of drug-likeness (QED) is 0.706. The van der Waals surface area contributed by atoms with Crippen molar-refractivity contribution in [2.24, 2.45) is 5.92 Å². The first kappa shape index (κ1) is 21.0. The van der Waals surface area contributed by atoms with Crippen LogP contribution in [0.4, 0.5) is 11.4 Å². The average molecular weight is 463 g/mol. The van der Waals surface area contributed by atoms with E-state index in [9.17, 15) is 9.59 Å². The number of hydrogen-bond donors (Lipinski definition) is 1. The summed E-state index contributed by atoms with van der Waals surface area (Å²) in [4.78, 5) is 26.9. The Hall–Kier alpha value is -2.74. The Bertz CT molecular complexity index is 922. The van der Waals surface area contributed by atoms with Crippen LogP contribution in [0.15, 0.2) is 34.8 Å². The first-order valence-corrected chi connectivity index (χ1v) is 9.84. The number of ether oxygens (including phenoxy) is 3. The highest BCUT2D eigenvalue weighted by atomic mass is 79.9. The smallest absolute Gasteiger partial charge is 0.229 e. The van der Waals surface area contributed by atoms with Crippen LogP contribution < -0.4 is 24.4 Å². The highest BCUT2D eigenvalue weighted by Gasteiger charge is 2.36. The van der Waals surface area contributed by atoms with E-state index in [-0.39, 0.29) is 24.8 Å². The maximum absolute atomic E-state index is 12.7. The maximum atomic E-state index is 12.7. The van der Waals surface area contributed by atoms with E-state index >= 15 is 0 Å². The molecule has 1 unspecified atom stereocenters. The topological polar surface area (TPSA) is 77.1 Å². The van der Waals surface area contributed by atoms with Crippen molar-refractivity contribution in [3.8, 4) is 17.2 Å². The van der Waals surface area contributed by atoms with E-state index in [1.54, 1.807) is 17.0 Å². The molecule has 154 valence electrons. The second-order valence-corrected chi connectivity index (χ2v) is 7.60. The van der Waals surface area contributed by atoms with Crippen molar-refractivity contribution in [1.29, 1.82) is 0 Å². The van der Waals surface area contributed by atoms with Gasteiger partial charge in [-0.25, -0.2) is 0 Å². The molecule has 0 bridgehead atoms. The molecule has 2 aromatic rings. The fraction of sp³-hybridized carbons (Fsp3) is 0.333. The number of carbonyl (C=O) groups is 2. The summed E-state index contributed by atoms with van der Waals surface area (Å²) in [6.45, 7) is 2.23. The summed E-state index contributed by atoms with van der Waals surface area (Å²) in [6.07, 6.45) is 0.137. The number of carbonyl (C=O) groups excluding carboxylic acids is 2. The van der Waals surface area contributed by atoms with Crippen LogP contribution in [0.1, 0.15) is 12.0 Å². The first-order chi connectivity index (χ1) is 13.9. The van der Waals surface area contributed by atoms with Gasteiger partial charge in [0.25, 0.3) is 0 Å². The summed E-state index contributed by atoms with van der Waals surface area (Å²) in [5.74, 6) is 0.582. The predicted molar refractivity (Wildman–Crippen MR) is 114 cm³/mol. The Labute approximate surface area is 178 Å². The highest BCUT2D eigenvalue weighted by Crippen LogP contribution is 2.42. The van der Waals surface area contributed by atoms with Gasteiger partial charge in [-0.3, -0.25) is 9.59 Å². The molecule has 0 spiro atoms. The fourth-order valence-corrected chi connectivity index (χ4v) is 3.57. The molecule has 1 aliphatic rings. The molecule has 1 heterocycles. The Balaban J connectivity index is 1.79. The Kier molecular flexibility index (Phi) is 6.32. The maximum Gasteiger partial charge on any atom is 0.229 e. The summed E-state index contributed by atoms with van der Waals surface area (Å²) in [5, 5.41) is 2.90. The lowest BCUT2D eigenvalue weighted by Crippen LogP contribution is -2.28. The van der Waals surface area contributed by atoms with Crippen molar-refractivity contribution in [2.45, 2.75) is 13.3 Å². The van der Waals surface area contributed by atoms with E-state index in [1.807, 2.05) is 25.1 Å². The standard InChI is InChI=1S/C21H23BrN2O5/c1-12-7-14(5-6-16(12)22)23-21(26)13-8-19(25)24(11-13)15-9-17(27-2)20(29-4)18(10-15)28-3/h5-7,9-10,13H,8,11H2,1-4H3,(H,23,26). The molecule has 1 aliphatic heterocycles. The van der Waals surface area contributed by atoms with Crippen LogP contribution in [0.5, 0.6) is 17.2 Å². The van der Waals surface area contributed by atoms with Crippen LogP contribution in [0.2, 0.25) is 0 Å². The van der Waals surface area contributed by atoms with Crippen molar-refractivity contribution in [2.75, 3.05) is 38.1 Å². The molecule has 2 amide bonds. The van der Waals surface area contributed by atoms with Gasteiger partial charge in [-0.15, -0.1) is 0 Å². The Morgan fingerprint density at radius 1 is 1.10 bits per heavy atom. The Morgan fingerprint density at radius 2 is 1.76 bits per heavy atom. The third-order valence-corrected chi connectivity index (χ3v) is 5.77. The molecular weight excluding hydrogens is 440 g/mol. The number of anilines is 2. The lowest BCUT2D eigenvalue weighted by Gasteiger charge is -2.20. The van der Waals surface area contributed by atoms with Crippen LogP contribution in [0.3, 0.4) is 0 Å². The third-order valence-electron chi connectivity index (χ3n) is 4.88. The number of benzene rings is 2. The summed E-state index contributed by atoms with van der Waals surface area (Å²) in [6, 6.07) is 9.00. The number of halogens is 1. The minimum atomic E-state index is -0.453. The molecule has 1 saturated heterocycles. The summed E-state index contributed by atoms with van der Waals surface area (Å²) >= 11 is 3.44. The van der Waals surface area contributed by atoms with Gasteiger partial charge in [0, 0.05) is 35.3 Å². The number of nitrogens with zero attached hydrogens (tertiary/aromatic N) is 1. The van der Waals surface area contributed by atoms with Crippen LogP contribution in [-0.4, -0.2) is 39.7 Å². The fourth-order valence-electron chi connectivity index (χ4n) is 3.32. The van der Waals surface area contributed by atoms with Crippen molar-refractivity contribution < 1.29 is 23.8 Å². The normalized spacial score (nSPS) is 16.0. The van der Waals surface area contributed by atoms with E-state index in [0.29, 0.717) is 28.6 Å². The number of hydrogen-bond acceptors (Lipinski definition) is 5. The molecule has 1 fully saturated rings. The predicted octanol–water partition coefficient (Wildman–Crippen LogP) is 3.77. The lowest BCUT2D eigenvalue weighted by atomic mass is 10.1. The molecule has 7 nitrogen and oxygen atoms in total. The molecule has 29 heavy (non-hydrogen) atoms. The number of aryl methyl sites for hydroxylation is 1. The van der Waals surface area contributed by atoms with Gasteiger partial charge in [-0.1, -0.05) is 15.9 Å². The van der Waals surface area contributed by atoms with E-state index in [0.717, 1.165) is 10.0 Å². The van der Waals surface area contributed by atoms with E-state index in [1.165, 1.54) is 21.3 Å². The average Bonchev–Trinajstić information content (AvgIpc) is 3.11. The van der Waals surface area contributed by atoms with Gasteiger partial charge in [0.15, 0.2) is 11.5 Å². The zero-order valence-electron chi connectivity index (χ0n) is 16.7. The summed E-state index contributed by atoms with van der Waals surface area (Å²) < 4.78 is 17.0. The van der Waals surface area contributed by atoms with Gasteiger partial charge in [0.05, 0.1) is 32.9 Å². The van der Waals surface area contributed by atoms with Crippen molar-refractivity contribution in [3.63, 3.8) is 0 Å². The van der Waals surface area contributed by atoms with Crippen LogP contribution in [0.25, 0.3) is 0 Å². The summed E-state index contributed by atoms with van der Waals surface area (Å²) in [5.41, 5.74) is 2.32. The van der Waals surface area contributed by atoms with Crippen molar-refractivity contribution in [1.82, 2.24) is 0 Å². The van der Waals surface area contributed by atoms with Crippen LogP contribution in [0, 0.1) is 12.8 Å². The molecule has 0 aliphatic carbocycles. The number of nitrogens with one attached hydrogen (secondary N) is 1. The van der Waals surface area contributed by atoms with Gasteiger partial charge >= 0.3 is 0 Å². The first-order valence-electron chi connectivity index (χ1n) is 9.05. The molecule has 0 saturated carbocycles. The monoisotopic (exact) mass is 462 g/mol. The SMILES string of the molecule is COc1cc(N2CC(C(=O)Nc3ccc(Br)c(C)c3)CC2=O)cc(OC)c1OC. The zero-order chi connectivity index (χ0) is 21.1. The van der Waals surface area contributed by atoms with Crippen molar-refractivity contribution >= 4 is 39.1 Å². The third kappa shape index (κ3) is 4.32. The van der Waals surface area contributed by atoms with Gasteiger partial charge in [0.2, 0.25) is 17.6 Å². The van der Waals surface area contributed by atoms with Crippen LogP contribution >= 0.6 is 15.9 Å². The zero-order valence-corrected chi connectivity index (χ0v) is 18.3.